The highest BCUT2D eigenvalue weighted by Crippen LogP contribution is 2.75. The molecule has 0 amide bonds. The van der Waals surface area contributed by atoms with Crippen molar-refractivity contribution in [1.29, 1.82) is 0 Å². The van der Waals surface area contributed by atoms with Gasteiger partial charge in [0.2, 0.25) is 0 Å². The summed E-state index contributed by atoms with van der Waals surface area (Å²) in [5.74, 6) is -5.57. The van der Waals surface area contributed by atoms with Crippen LogP contribution >= 0.6 is 0 Å². The summed E-state index contributed by atoms with van der Waals surface area (Å²) in [6.45, 7) is 4.31. The van der Waals surface area contributed by atoms with E-state index in [9.17, 15) is 34.8 Å². The number of carbonyl (C=O) groups excluding carboxylic acids is 3. The van der Waals surface area contributed by atoms with E-state index in [2.05, 4.69) is 0 Å². The van der Waals surface area contributed by atoms with Gasteiger partial charge >= 0.3 is 11.9 Å². The van der Waals surface area contributed by atoms with Crippen LogP contribution in [0, 0.1) is 28.6 Å². The maximum Gasteiger partial charge on any atom is 0.338 e. The Bertz CT molecular complexity index is 896. The molecular weight excluding hydrogens is 384 g/mol. The molecule has 9 heteroatoms. The smallest absolute Gasteiger partial charge is 0.338 e. The normalized spacial score (nSPS) is 58.0. The lowest BCUT2D eigenvalue weighted by Crippen LogP contribution is -2.77. The molecule has 2 aliphatic heterocycles. The Morgan fingerprint density at radius 1 is 1.14 bits per heavy atom. The van der Waals surface area contributed by atoms with Crippen molar-refractivity contribution in [2.24, 2.45) is 28.6 Å². The van der Waals surface area contributed by atoms with Crippen molar-refractivity contribution in [2.45, 2.75) is 56.7 Å². The van der Waals surface area contributed by atoms with Gasteiger partial charge in [0.15, 0.2) is 17.5 Å². The largest absolute Gasteiger partial charge is 0.463 e. The number of aliphatic hydroxyl groups is 4. The van der Waals surface area contributed by atoms with Crippen molar-refractivity contribution in [2.75, 3.05) is 6.61 Å². The molecule has 2 saturated carbocycles. The Hall–Kier alpha value is -1.81. The lowest BCUT2D eigenvalue weighted by molar-refractivity contribution is -0.306. The van der Waals surface area contributed by atoms with E-state index in [1.807, 2.05) is 0 Å². The van der Waals surface area contributed by atoms with Crippen LogP contribution in [0.2, 0.25) is 0 Å². The van der Waals surface area contributed by atoms with Crippen LogP contribution in [0.5, 0.6) is 0 Å². The average Bonchev–Trinajstić information content (AvgIpc) is 2.79. The predicted molar refractivity (Wildman–Crippen MR) is 92.8 cm³/mol. The van der Waals surface area contributed by atoms with Crippen molar-refractivity contribution in [3.05, 3.63) is 11.6 Å². The third kappa shape index (κ3) is 1.62. The zero-order valence-electron chi connectivity index (χ0n) is 16.3. The van der Waals surface area contributed by atoms with E-state index in [1.165, 1.54) is 13.0 Å². The first kappa shape index (κ1) is 19.2. The highest BCUT2D eigenvalue weighted by Gasteiger charge is 2.90. The Labute approximate surface area is 166 Å². The molecular formula is C20H24O9. The first-order chi connectivity index (χ1) is 13.4. The number of aliphatic hydroxyl groups excluding tert-OH is 2. The van der Waals surface area contributed by atoms with Gasteiger partial charge in [-0.05, 0) is 25.3 Å². The van der Waals surface area contributed by atoms with Crippen molar-refractivity contribution in [3.8, 4) is 0 Å². The molecule has 3 aliphatic carbocycles. The second kappa shape index (κ2) is 5.08. The first-order valence-corrected chi connectivity index (χ1v) is 9.80. The molecule has 10 atom stereocenters. The average molecular weight is 408 g/mol. The third-order valence-electron chi connectivity index (χ3n) is 8.86. The molecule has 0 aromatic carbocycles. The lowest BCUT2D eigenvalue weighted by atomic mass is 9.42. The van der Waals surface area contributed by atoms with Gasteiger partial charge in [-0.3, -0.25) is 4.79 Å². The number of esters is 2. The van der Waals surface area contributed by atoms with Crippen LogP contribution in [0.3, 0.4) is 0 Å². The molecule has 29 heavy (non-hydrogen) atoms. The van der Waals surface area contributed by atoms with Gasteiger partial charge in [0.25, 0.3) is 0 Å². The number of ether oxygens (including phenoxy) is 2. The summed E-state index contributed by atoms with van der Waals surface area (Å²) in [5.41, 5.74) is -6.83. The molecule has 0 unspecified atom stereocenters. The molecule has 4 N–H and O–H groups in total. The zero-order valence-corrected chi connectivity index (χ0v) is 16.3. The Kier molecular flexibility index (Phi) is 3.36. The van der Waals surface area contributed by atoms with Crippen molar-refractivity contribution in [3.63, 3.8) is 0 Å². The summed E-state index contributed by atoms with van der Waals surface area (Å²) in [5, 5.41) is 45.1. The minimum absolute atomic E-state index is 0.154. The molecule has 9 nitrogen and oxygen atoms in total. The Morgan fingerprint density at radius 3 is 2.45 bits per heavy atom. The summed E-state index contributed by atoms with van der Waals surface area (Å²) in [7, 11) is 0. The fraction of sp³-hybridized carbons (Fsp3) is 0.750. The monoisotopic (exact) mass is 408 g/mol. The Morgan fingerprint density at radius 2 is 1.79 bits per heavy atom. The van der Waals surface area contributed by atoms with E-state index in [1.54, 1.807) is 13.8 Å². The SMILES string of the molecule is CC1=CC(=O)[C@@H](O)[C@]2(C)[C@H]3[C@@]4(O)C(=O)OC[C@@]35[C@@H](C[C@@H]12)OC(=O)[C@H](O)[C@@]5(O)[C@@H]4C. The molecule has 0 aromatic heterocycles. The van der Waals surface area contributed by atoms with Crippen LogP contribution < -0.4 is 0 Å². The molecule has 2 saturated heterocycles. The maximum atomic E-state index is 12.9. The van der Waals surface area contributed by atoms with Gasteiger partial charge < -0.3 is 29.9 Å². The van der Waals surface area contributed by atoms with E-state index >= 15 is 0 Å². The van der Waals surface area contributed by atoms with Gasteiger partial charge in [-0.1, -0.05) is 19.4 Å². The van der Waals surface area contributed by atoms with Crippen LogP contribution in [0.4, 0.5) is 0 Å². The van der Waals surface area contributed by atoms with Crippen LogP contribution in [-0.4, -0.2) is 74.3 Å². The quantitative estimate of drug-likeness (QED) is 0.350. The van der Waals surface area contributed by atoms with E-state index in [-0.39, 0.29) is 6.42 Å². The summed E-state index contributed by atoms with van der Waals surface area (Å²) in [6, 6.07) is 0. The molecule has 5 aliphatic rings. The standard InChI is InChI=1S/C20H24O9/c1-7-4-10(21)12(22)17(3)9(7)5-11-18-6-28-16(25)19(26,15(17)18)8(2)20(18,27)13(23)14(24)29-11/h4,8-9,11-13,15,22-23,26-27H,5-6H2,1-3H3/t8-,9+,11-,12-,13+,15-,17-,18-,19-,20+/m1/s1. The van der Waals surface area contributed by atoms with E-state index in [0.717, 1.165) is 0 Å². The maximum absolute atomic E-state index is 12.9. The first-order valence-electron chi connectivity index (χ1n) is 9.80. The number of allylic oxidation sites excluding steroid dienone is 1. The molecule has 2 bridgehead atoms. The third-order valence-corrected chi connectivity index (χ3v) is 8.86. The number of fused-ring (bicyclic) bond motifs is 1. The molecule has 2 heterocycles. The van der Waals surface area contributed by atoms with E-state index in [4.69, 9.17) is 9.47 Å². The molecule has 1 spiro atoms. The number of rotatable bonds is 0. The predicted octanol–water partition coefficient (Wildman–Crippen LogP) is -1.54. The second-order valence-corrected chi connectivity index (χ2v) is 9.60. The summed E-state index contributed by atoms with van der Waals surface area (Å²) in [6.07, 6.45) is -3.04. The van der Waals surface area contributed by atoms with Gasteiger partial charge in [-0.2, -0.15) is 0 Å². The molecule has 158 valence electrons. The summed E-state index contributed by atoms with van der Waals surface area (Å²) >= 11 is 0. The minimum atomic E-state index is -2.33. The molecule has 0 aromatic rings. The highest BCUT2D eigenvalue weighted by atomic mass is 16.6. The minimum Gasteiger partial charge on any atom is -0.463 e. The number of cyclic esters (lactones) is 1. The van der Waals surface area contributed by atoms with Crippen LogP contribution in [0.15, 0.2) is 11.6 Å². The van der Waals surface area contributed by atoms with E-state index in [0.29, 0.717) is 5.57 Å². The van der Waals surface area contributed by atoms with Crippen LogP contribution in [-0.2, 0) is 23.9 Å². The fourth-order valence-corrected chi connectivity index (χ4v) is 7.62. The van der Waals surface area contributed by atoms with Gasteiger partial charge in [-0.25, -0.2) is 9.59 Å². The topological polar surface area (TPSA) is 151 Å². The fourth-order valence-electron chi connectivity index (χ4n) is 7.62. The molecule has 0 radical (unpaired) electrons. The Balaban J connectivity index is 1.87. The van der Waals surface area contributed by atoms with Crippen LogP contribution in [0.25, 0.3) is 0 Å². The lowest BCUT2D eigenvalue weighted by Gasteiger charge is -2.65. The number of hydrogen-bond acceptors (Lipinski definition) is 9. The van der Waals surface area contributed by atoms with E-state index < -0.39 is 82.4 Å². The summed E-state index contributed by atoms with van der Waals surface area (Å²) < 4.78 is 10.8. The highest BCUT2D eigenvalue weighted by molar-refractivity contribution is 5.96. The zero-order chi connectivity index (χ0) is 21.3. The number of carbonyl (C=O) groups is 3. The number of hydrogen-bond donors (Lipinski definition) is 4. The van der Waals surface area contributed by atoms with Crippen molar-refractivity contribution >= 4 is 17.7 Å². The van der Waals surface area contributed by atoms with Crippen LogP contribution in [0.1, 0.15) is 27.2 Å². The van der Waals surface area contributed by atoms with Gasteiger partial charge in [0.1, 0.15) is 24.4 Å². The molecule has 5 rings (SSSR count). The molecule has 4 fully saturated rings. The second-order valence-electron chi connectivity index (χ2n) is 9.60. The van der Waals surface area contributed by atoms with Gasteiger partial charge in [-0.15, -0.1) is 0 Å². The van der Waals surface area contributed by atoms with Gasteiger partial charge in [0, 0.05) is 17.3 Å². The van der Waals surface area contributed by atoms with Gasteiger partial charge in [0.05, 0.1) is 5.41 Å². The summed E-state index contributed by atoms with van der Waals surface area (Å²) in [4.78, 5) is 37.9. The number of ketones is 1. The van der Waals surface area contributed by atoms with Crippen molar-refractivity contribution in [1.82, 2.24) is 0 Å². The van der Waals surface area contributed by atoms with Crippen molar-refractivity contribution < 1.29 is 44.3 Å².